The normalized spacial score (nSPS) is 14.3. The number of rotatable bonds is 2. The van der Waals surface area contributed by atoms with Gasteiger partial charge in [-0.1, -0.05) is 72.9 Å². The summed E-state index contributed by atoms with van der Waals surface area (Å²) >= 11 is 17.2. The Morgan fingerprint density at radius 2 is 1.53 bits per heavy atom. The molecule has 84 valence electrons. The Hall–Kier alpha value is 0.0500. The van der Waals surface area contributed by atoms with Gasteiger partial charge in [-0.25, -0.2) is 0 Å². The lowest BCUT2D eigenvalue weighted by Crippen LogP contribution is -2.06. The van der Waals surface area contributed by atoms with E-state index < -0.39 is 9.90 Å². The Bertz CT molecular complexity index is 314. The second-order valence-corrected chi connectivity index (χ2v) is 6.09. The summed E-state index contributed by atoms with van der Waals surface area (Å²) in [6.45, 7) is 3.90. The summed E-state index contributed by atoms with van der Waals surface area (Å²) in [6, 6.07) is 6.99. The summed E-state index contributed by atoms with van der Waals surface area (Å²) in [4.78, 5) is 0. The van der Waals surface area contributed by atoms with Crippen LogP contribution in [0, 0.1) is 5.92 Å². The first-order chi connectivity index (χ1) is 6.82. The molecule has 1 atom stereocenters. The van der Waals surface area contributed by atoms with E-state index in [4.69, 9.17) is 34.8 Å². The molecule has 0 aliphatic rings. The second kappa shape index (κ2) is 4.92. The van der Waals surface area contributed by atoms with Crippen LogP contribution in [0.3, 0.4) is 0 Å². The van der Waals surface area contributed by atoms with Gasteiger partial charge >= 0.3 is 0 Å². The fourth-order valence-corrected chi connectivity index (χ4v) is 1.63. The smallest absolute Gasteiger partial charge is 0.216 e. The number of hydrogen-bond donors (Lipinski definition) is 1. The van der Waals surface area contributed by atoms with Crippen LogP contribution in [0.4, 0.5) is 0 Å². The van der Waals surface area contributed by atoms with Crippen molar-refractivity contribution in [2.45, 2.75) is 23.7 Å². The highest BCUT2D eigenvalue weighted by Gasteiger charge is 2.22. The van der Waals surface area contributed by atoms with Crippen LogP contribution in [0.25, 0.3) is 0 Å². The van der Waals surface area contributed by atoms with Gasteiger partial charge in [-0.15, -0.1) is 0 Å². The average Bonchev–Trinajstić information content (AvgIpc) is 2.15. The van der Waals surface area contributed by atoms with Gasteiger partial charge in [-0.05, 0) is 11.5 Å². The maximum Gasteiger partial charge on any atom is 0.216 e. The van der Waals surface area contributed by atoms with Crippen LogP contribution in [0.15, 0.2) is 24.3 Å². The molecule has 1 nitrogen and oxygen atoms in total. The summed E-state index contributed by atoms with van der Waals surface area (Å²) in [5.74, 6) is 0.170. The van der Waals surface area contributed by atoms with Crippen molar-refractivity contribution in [3.05, 3.63) is 35.4 Å². The van der Waals surface area contributed by atoms with Crippen molar-refractivity contribution in [3.8, 4) is 0 Å². The highest BCUT2D eigenvalue weighted by Crippen LogP contribution is 2.38. The van der Waals surface area contributed by atoms with Crippen molar-refractivity contribution in [1.29, 1.82) is 0 Å². The molecule has 1 unspecified atom stereocenters. The van der Waals surface area contributed by atoms with Crippen LogP contribution in [-0.2, 0) is 3.79 Å². The molecule has 0 saturated heterocycles. The first-order valence-corrected chi connectivity index (χ1v) is 5.81. The van der Waals surface area contributed by atoms with Crippen molar-refractivity contribution >= 4 is 34.8 Å². The zero-order valence-electron chi connectivity index (χ0n) is 8.55. The molecule has 1 aromatic rings. The Kier molecular flexibility index (Phi) is 4.30. The third-order valence-electron chi connectivity index (χ3n) is 2.21. The maximum atomic E-state index is 9.79. The molecule has 0 fully saturated rings. The molecule has 0 amide bonds. The molecule has 0 spiro atoms. The van der Waals surface area contributed by atoms with Gasteiger partial charge in [0.15, 0.2) is 0 Å². The van der Waals surface area contributed by atoms with Gasteiger partial charge in [0.25, 0.3) is 0 Å². The summed E-state index contributed by atoms with van der Waals surface area (Å²) in [6.07, 6.45) is -0.477. The SMILES string of the molecule is CC(C)C(O)c1ccc(C(Cl)(Cl)Cl)cc1. The topological polar surface area (TPSA) is 20.2 Å². The van der Waals surface area contributed by atoms with Gasteiger partial charge in [0.05, 0.1) is 6.10 Å². The van der Waals surface area contributed by atoms with Crippen LogP contribution in [0.2, 0.25) is 0 Å². The van der Waals surface area contributed by atoms with Gasteiger partial charge in [0.1, 0.15) is 0 Å². The zero-order valence-corrected chi connectivity index (χ0v) is 10.8. The minimum absolute atomic E-state index is 0.170. The van der Waals surface area contributed by atoms with E-state index in [1.54, 1.807) is 24.3 Å². The summed E-state index contributed by atoms with van der Waals surface area (Å²) in [5, 5.41) is 9.79. The Morgan fingerprint density at radius 1 is 1.07 bits per heavy atom. The van der Waals surface area contributed by atoms with Crippen LogP contribution in [0.1, 0.15) is 31.1 Å². The van der Waals surface area contributed by atoms with Crippen molar-refractivity contribution in [2.75, 3.05) is 0 Å². The van der Waals surface area contributed by atoms with Crippen molar-refractivity contribution in [2.24, 2.45) is 5.92 Å². The van der Waals surface area contributed by atoms with E-state index in [2.05, 4.69) is 0 Å². The molecular formula is C11H13Cl3O. The van der Waals surface area contributed by atoms with E-state index in [9.17, 15) is 5.11 Å². The molecular weight excluding hydrogens is 254 g/mol. The fraction of sp³-hybridized carbons (Fsp3) is 0.455. The molecule has 0 radical (unpaired) electrons. The third kappa shape index (κ3) is 3.53. The summed E-state index contributed by atoms with van der Waals surface area (Å²) in [7, 11) is 0. The number of aliphatic hydroxyl groups is 1. The standard InChI is InChI=1S/C11H13Cl3O/c1-7(2)10(15)8-3-5-9(6-4-8)11(12,13)14/h3-7,10,15H,1-2H3. The van der Waals surface area contributed by atoms with Gasteiger partial charge in [0.2, 0.25) is 3.79 Å². The first-order valence-electron chi connectivity index (χ1n) is 4.67. The number of benzene rings is 1. The van der Waals surface area contributed by atoms with Crippen LogP contribution in [0.5, 0.6) is 0 Å². The predicted octanol–water partition coefficient (Wildman–Crippen LogP) is 4.20. The second-order valence-electron chi connectivity index (χ2n) is 3.81. The van der Waals surface area contributed by atoms with Gasteiger partial charge in [-0.3, -0.25) is 0 Å². The van der Waals surface area contributed by atoms with Crippen molar-refractivity contribution < 1.29 is 5.11 Å². The quantitative estimate of drug-likeness (QED) is 0.796. The van der Waals surface area contributed by atoms with Gasteiger partial charge in [0, 0.05) is 5.56 Å². The molecule has 1 N–H and O–H groups in total. The number of hydrogen-bond acceptors (Lipinski definition) is 1. The average molecular weight is 268 g/mol. The monoisotopic (exact) mass is 266 g/mol. The van der Waals surface area contributed by atoms with Crippen LogP contribution >= 0.6 is 34.8 Å². The highest BCUT2D eigenvalue weighted by molar-refractivity contribution is 6.66. The molecule has 0 bridgehead atoms. The van der Waals surface area contributed by atoms with E-state index in [1.165, 1.54) is 0 Å². The third-order valence-corrected chi connectivity index (χ3v) is 2.87. The van der Waals surface area contributed by atoms with E-state index in [0.29, 0.717) is 5.56 Å². The van der Waals surface area contributed by atoms with Crippen molar-refractivity contribution in [1.82, 2.24) is 0 Å². The van der Waals surface area contributed by atoms with E-state index >= 15 is 0 Å². The maximum absolute atomic E-state index is 9.79. The highest BCUT2D eigenvalue weighted by atomic mass is 35.6. The van der Waals surface area contributed by atoms with Crippen molar-refractivity contribution in [3.63, 3.8) is 0 Å². The summed E-state index contributed by atoms with van der Waals surface area (Å²) in [5.41, 5.74) is 1.44. The molecule has 1 aromatic carbocycles. The van der Waals surface area contributed by atoms with Gasteiger partial charge < -0.3 is 5.11 Å². The largest absolute Gasteiger partial charge is 0.388 e. The molecule has 15 heavy (non-hydrogen) atoms. The Morgan fingerprint density at radius 3 is 1.87 bits per heavy atom. The molecule has 0 saturated carbocycles. The lowest BCUT2D eigenvalue weighted by molar-refractivity contribution is 0.127. The number of alkyl halides is 3. The van der Waals surface area contributed by atoms with Gasteiger partial charge in [-0.2, -0.15) is 0 Å². The van der Waals surface area contributed by atoms with Crippen LogP contribution < -0.4 is 0 Å². The molecule has 0 aromatic heterocycles. The van der Waals surface area contributed by atoms with E-state index in [0.717, 1.165) is 5.56 Å². The fourth-order valence-electron chi connectivity index (χ4n) is 1.25. The molecule has 0 aliphatic heterocycles. The van der Waals surface area contributed by atoms with E-state index in [-0.39, 0.29) is 5.92 Å². The van der Waals surface area contributed by atoms with E-state index in [1.807, 2.05) is 13.8 Å². The Balaban J connectivity index is 2.91. The minimum atomic E-state index is -1.40. The number of aliphatic hydroxyl groups excluding tert-OH is 1. The zero-order chi connectivity index (χ0) is 11.6. The van der Waals surface area contributed by atoms with Crippen LogP contribution in [-0.4, -0.2) is 5.11 Å². The minimum Gasteiger partial charge on any atom is -0.388 e. The first kappa shape index (κ1) is 13.1. The molecule has 0 heterocycles. The molecule has 0 aliphatic carbocycles. The number of halogens is 3. The lowest BCUT2D eigenvalue weighted by Gasteiger charge is -2.16. The predicted molar refractivity (Wildman–Crippen MR) is 65.5 cm³/mol. The molecule has 1 rings (SSSR count). The lowest BCUT2D eigenvalue weighted by atomic mass is 9.98. The molecule has 4 heteroatoms. The Labute approximate surface area is 105 Å². The summed E-state index contributed by atoms with van der Waals surface area (Å²) < 4.78 is -1.40.